The van der Waals surface area contributed by atoms with Crippen molar-refractivity contribution in [2.24, 2.45) is 0 Å². The molecule has 0 aliphatic carbocycles. The summed E-state index contributed by atoms with van der Waals surface area (Å²) in [5.41, 5.74) is 1.11. The molecule has 1 aliphatic heterocycles. The summed E-state index contributed by atoms with van der Waals surface area (Å²) in [5.74, 6) is -0.239. The van der Waals surface area contributed by atoms with Gasteiger partial charge in [0.15, 0.2) is 6.54 Å². The number of rotatable bonds is 4. The molecule has 3 N–H and O–H groups in total. The Hall–Kier alpha value is -1.79. The molecule has 6 nitrogen and oxygen atoms in total. The van der Waals surface area contributed by atoms with Gasteiger partial charge < -0.3 is 15.1 Å². The Morgan fingerprint density at radius 3 is 2.68 bits per heavy atom. The summed E-state index contributed by atoms with van der Waals surface area (Å²) in [5, 5.41) is 5.61. The van der Waals surface area contributed by atoms with Crippen molar-refractivity contribution in [2.45, 2.75) is 6.92 Å². The average Bonchev–Trinajstić information content (AvgIpc) is 2.48. The largest absolute Gasteiger partial charge is 0.360 e. The van der Waals surface area contributed by atoms with Crippen LogP contribution in [0, 0.1) is 0 Å². The number of nitrogens with one attached hydrogen (secondary N) is 3. The van der Waals surface area contributed by atoms with E-state index in [1.807, 2.05) is 31.2 Å². The number of benzene rings is 1. The van der Waals surface area contributed by atoms with Crippen LogP contribution in [-0.2, 0) is 4.79 Å². The van der Waals surface area contributed by atoms with Crippen LogP contribution in [-0.4, -0.2) is 51.2 Å². The zero-order valence-corrected chi connectivity index (χ0v) is 13.4. The highest BCUT2D eigenvalue weighted by Gasteiger charge is 2.23. The van der Waals surface area contributed by atoms with Crippen LogP contribution >= 0.6 is 11.6 Å². The number of carbonyl (C=O) groups is 2. The fourth-order valence-electron chi connectivity index (χ4n) is 2.53. The zero-order chi connectivity index (χ0) is 15.9. The van der Waals surface area contributed by atoms with E-state index in [1.165, 1.54) is 4.90 Å². The summed E-state index contributed by atoms with van der Waals surface area (Å²) in [7, 11) is 0. The predicted octanol–water partition coefficient (Wildman–Crippen LogP) is -0.109. The summed E-state index contributed by atoms with van der Waals surface area (Å²) in [6.07, 6.45) is 0. The number of carbonyl (C=O) groups excluding carboxylic acids is 2. The molecule has 0 unspecified atom stereocenters. The lowest BCUT2D eigenvalue weighted by atomic mass is 10.2. The molecule has 0 saturated carbocycles. The third kappa shape index (κ3) is 4.89. The molecule has 1 aromatic carbocycles. The van der Waals surface area contributed by atoms with Crippen molar-refractivity contribution >= 4 is 29.2 Å². The molecule has 1 aliphatic rings. The Labute approximate surface area is 135 Å². The number of hydrogen-bond acceptors (Lipinski definition) is 3. The first-order valence-corrected chi connectivity index (χ1v) is 7.88. The maximum Gasteiger partial charge on any atom is 0.321 e. The summed E-state index contributed by atoms with van der Waals surface area (Å²) < 4.78 is 0. The number of amides is 3. The molecule has 0 radical (unpaired) electrons. The topological polar surface area (TPSA) is 65.9 Å². The molecular weight excluding hydrogens is 304 g/mol. The first-order valence-electron chi connectivity index (χ1n) is 7.50. The predicted molar refractivity (Wildman–Crippen MR) is 86.4 cm³/mol. The molecule has 1 heterocycles. The van der Waals surface area contributed by atoms with Crippen molar-refractivity contribution in [1.29, 1.82) is 0 Å². The number of hydrogen-bond donors (Lipinski definition) is 3. The highest BCUT2D eigenvalue weighted by molar-refractivity contribution is 6.30. The van der Waals surface area contributed by atoms with E-state index in [4.69, 9.17) is 11.6 Å². The molecule has 1 saturated heterocycles. The Balaban J connectivity index is 1.77. The van der Waals surface area contributed by atoms with Crippen molar-refractivity contribution in [3.05, 3.63) is 29.3 Å². The molecule has 3 amide bonds. The van der Waals surface area contributed by atoms with Crippen LogP contribution < -0.4 is 20.4 Å². The molecule has 0 bridgehead atoms. The number of nitrogens with zero attached hydrogens (tertiary/aromatic N) is 1. The van der Waals surface area contributed by atoms with Crippen LogP contribution in [0.25, 0.3) is 0 Å². The smallest absolute Gasteiger partial charge is 0.321 e. The highest BCUT2D eigenvalue weighted by Crippen LogP contribution is 2.19. The monoisotopic (exact) mass is 325 g/mol. The number of piperazine rings is 1. The Morgan fingerprint density at radius 2 is 2.05 bits per heavy atom. The van der Waals surface area contributed by atoms with E-state index in [2.05, 4.69) is 15.5 Å². The molecule has 22 heavy (non-hydrogen) atoms. The Morgan fingerprint density at radius 1 is 1.32 bits per heavy atom. The van der Waals surface area contributed by atoms with Gasteiger partial charge in [0.25, 0.3) is 5.91 Å². The van der Waals surface area contributed by atoms with E-state index in [1.54, 1.807) is 0 Å². The fourth-order valence-corrected chi connectivity index (χ4v) is 2.72. The molecule has 0 aromatic heterocycles. The van der Waals surface area contributed by atoms with Crippen LogP contribution in [0.3, 0.4) is 0 Å². The van der Waals surface area contributed by atoms with Crippen molar-refractivity contribution in [3.8, 4) is 0 Å². The second-order valence-corrected chi connectivity index (χ2v) is 5.74. The maximum atomic E-state index is 11.8. The Bertz CT molecular complexity index is 530. The van der Waals surface area contributed by atoms with E-state index in [-0.39, 0.29) is 5.91 Å². The minimum atomic E-state index is -0.426. The van der Waals surface area contributed by atoms with Gasteiger partial charge in [-0.15, -0.1) is 0 Å². The van der Waals surface area contributed by atoms with Crippen LogP contribution in [0.4, 0.5) is 10.5 Å². The van der Waals surface area contributed by atoms with E-state index in [0.29, 0.717) is 13.1 Å². The van der Waals surface area contributed by atoms with Crippen molar-refractivity contribution < 1.29 is 14.5 Å². The molecule has 7 heteroatoms. The number of urea groups is 1. The van der Waals surface area contributed by atoms with Crippen LogP contribution in [0.15, 0.2) is 24.3 Å². The number of imide groups is 1. The standard InChI is InChI=1S/C15H21ClN4O2/c1-2-17-15(22)18-14(21)11-19-6-8-20(9-7-19)13-5-3-4-12(16)10-13/h3-5,10H,2,6-9,11H2,1H3,(H2,17,18,21,22)/p+1. The lowest BCUT2D eigenvalue weighted by Crippen LogP contribution is -3.16. The van der Waals surface area contributed by atoms with Gasteiger partial charge >= 0.3 is 6.03 Å². The second-order valence-electron chi connectivity index (χ2n) is 5.30. The normalized spacial score (nSPS) is 15.5. The van der Waals surface area contributed by atoms with Gasteiger partial charge in [-0.25, -0.2) is 4.79 Å². The number of halogens is 1. The highest BCUT2D eigenvalue weighted by atomic mass is 35.5. The molecule has 2 rings (SSSR count). The number of quaternary nitrogens is 1. The Kier molecular flexibility index (Phi) is 6.03. The summed E-state index contributed by atoms with van der Waals surface area (Å²) in [6, 6.07) is 7.37. The molecule has 1 fully saturated rings. The number of anilines is 1. The third-order valence-electron chi connectivity index (χ3n) is 3.64. The molecule has 1 aromatic rings. The zero-order valence-electron chi connectivity index (χ0n) is 12.7. The van der Waals surface area contributed by atoms with E-state index in [0.717, 1.165) is 36.9 Å². The van der Waals surface area contributed by atoms with Crippen LogP contribution in [0.1, 0.15) is 6.92 Å². The summed E-state index contributed by atoms with van der Waals surface area (Å²) in [6.45, 7) is 6.08. The molecule has 0 spiro atoms. The van der Waals surface area contributed by atoms with Crippen molar-refractivity contribution in [2.75, 3.05) is 44.2 Å². The van der Waals surface area contributed by atoms with E-state index in [9.17, 15) is 9.59 Å². The van der Waals surface area contributed by atoms with Gasteiger partial charge in [0.2, 0.25) is 0 Å². The van der Waals surface area contributed by atoms with E-state index >= 15 is 0 Å². The average molecular weight is 326 g/mol. The second kappa shape index (κ2) is 8.00. The minimum absolute atomic E-state index is 0.239. The lowest BCUT2D eigenvalue weighted by Gasteiger charge is -2.33. The molecule has 120 valence electrons. The fraction of sp³-hybridized carbons (Fsp3) is 0.467. The van der Waals surface area contributed by atoms with Crippen molar-refractivity contribution in [3.63, 3.8) is 0 Å². The van der Waals surface area contributed by atoms with Crippen molar-refractivity contribution in [1.82, 2.24) is 10.6 Å². The van der Waals surface area contributed by atoms with Gasteiger partial charge in [-0.3, -0.25) is 10.1 Å². The van der Waals surface area contributed by atoms with Gasteiger partial charge in [0.05, 0.1) is 26.2 Å². The van der Waals surface area contributed by atoms with Gasteiger partial charge in [0, 0.05) is 17.3 Å². The maximum absolute atomic E-state index is 11.8. The SMILES string of the molecule is CCNC(=O)NC(=O)C[NH+]1CCN(c2cccc(Cl)c2)CC1. The van der Waals surface area contributed by atoms with Gasteiger partial charge in [-0.05, 0) is 25.1 Å². The molecule has 0 atom stereocenters. The van der Waals surface area contributed by atoms with Crippen LogP contribution in [0.2, 0.25) is 5.02 Å². The van der Waals surface area contributed by atoms with Gasteiger partial charge in [-0.1, -0.05) is 17.7 Å². The van der Waals surface area contributed by atoms with Gasteiger partial charge in [-0.2, -0.15) is 0 Å². The van der Waals surface area contributed by atoms with E-state index < -0.39 is 6.03 Å². The first-order chi connectivity index (χ1) is 10.6. The first kappa shape index (κ1) is 16.6. The minimum Gasteiger partial charge on any atom is -0.360 e. The van der Waals surface area contributed by atoms with Gasteiger partial charge in [0.1, 0.15) is 0 Å². The summed E-state index contributed by atoms with van der Waals surface area (Å²) in [4.78, 5) is 26.5. The van der Waals surface area contributed by atoms with Crippen LogP contribution in [0.5, 0.6) is 0 Å². The third-order valence-corrected chi connectivity index (χ3v) is 3.88. The summed E-state index contributed by atoms with van der Waals surface area (Å²) >= 11 is 6.01. The lowest BCUT2D eigenvalue weighted by molar-refractivity contribution is -0.892. The quantitative estimate of drug-likeness (QED) is 0.724. The molecular formula is C15H22ClN4O2+.